The maximum Gasteiger partial charge on any atom is 0.0940 e. The first kappa shape index (κ1) is 9.43. The first-order valence-electron chi connectivity index (χ1n) is 4.81. The molecule has 12 heavy (non-hydrogen) atoms. The van der Waals surface area contributed by atoms with Crippen molar-refractivity contribution in [2.24, 2.45) is 5.92 Å². The highest BCUT2D eigenvalue weighted by Crippen LogP contribution is 2.12. The Balaban J connectivity index is 2.25. The summed E-state index contributed by atoms with van der Waals surface area (Å²) in [5.74, 6) is 1.77. The minimum Gasteiger partial charge on any atom is -0.370 e. The van der Waals surface area contributed by atoms with E-state index in [1.54, 1.807) is 0 Å². The van der Waals surface area contributed by atoms with Gasteiger partial charge in [-0.15, -0.1) is 0 Å². The van der Waals surface area contributed by atoms with Crippen LogP contribution in [-0.4, -0.2) is 24.0 Å². The molecule has 1 N–H and O–H groups in total. The van der Waals surface area contributed by atoms with Crippen LogP contribution in [0.1, 0.15) is 27.2 Å². The number of nitrogens with one attached hydrogen (secondary N) is 1. The SMILES string of the molecule is C=C(N[C@H](C)C(C)C)N1CCC1. The van der Waals surface area contributed by atoms with Gasteiger partial charge in [0.25, 0.3) is 0 Å². The van der Waals surface area contributed by atoms with E-state index < -0.39 is 0 Å². The second kappa shape index (κ2) is 3.83. The molecule has 0 spiro atoms. The van der Waals surface area contributed by atoms with Crippen LogP contribution in [0.15, 0.2) is 12.4 Å². The normalized spacial score (nSPS) is 18.8. The van der Waals surface area contributed by atoms with E-state index >= 15 is 0 Å². The average Bonchev–Trinajstić information content (AvgIpc) is 1.82. The maximum absolute atomic E-state index is 4.01. The summed E-state index contributed by atoms with van der Waals surface area (Å²) in [4.78, 5) is 2.29. The van der Waals surface area contributed by atoms with Gasteiger partial charge in [-0.2, -0.15) is 0 Å². The van der Waals surface area contributed by atoms with Crippen molar-refractivity contribution >= 4 is 0 Å². The van der Waals surface area contributed by atoms with Gasteiger partial charge in [0.15, 0.2) is 0 Å². The molecule has 1 saturated heterocycles. The topological polar surface area (TPSA) is 15.3 Å². The third kappa shape index (κ3) is 2.16. The molecular weight excluding hydrogens is 148 g/mol. The van der Waals surface area contributed by atoms with Gasteiger partial charge in [-0.05, 0) is 19.3 Å². The molecule has 70 valence electrons. The van der Waals surface area contributed by atoms with Gasteiger partial charge in [0.2, 0.25) is 0 Å². The molecule has 0 saturated carbocycles. The van der Waals surface area contributed by atoms with Crippen LogP contribution >= 0.6 is 0 Å². The Labute approximate surface area is 75.6 Å². The van der Waals surface area contributed by atoms with E-state index in [-0.39, 0.29) is 0 Å². The van der Waals surface area contributed by atoms with Crippen LogP contribution in [0.3, 0.4) is 0 Å². The Morgan fingerprint density at radius 1 is 1.33 bits per heavy atom. The highest BCUT2D eigenvalue weighted by Gasteiger charge is 2.17. The molecule has 0 aromatic rings. The van der Waals surface area contributed by atoms with Gasteiger partial charge in [-0.25, -0.2) is 0 Å². The summed E-state index contributed by atoms with van der Waals surface area (Å²) < 4.78 is 0. The molecule has 2 nitrogen and oxygen atoms in total. The van der Waals surface area contributed by atoms with Crippen molar-refractivity contribution in [3.8, 4) is 0 Å². The van der Waals surface area contributed by atoms with Crippen molar-refractivity contribution in [2.45, 2.75) is 33.2 Å². The minimum atomic E-state index is 0.526. The van der Waals surface area contributed by atoms with Crippen LogP contribution in [0.2, 0.25) is 0 Å². The molecule has 0 bridgehead atoms. The fourth-order valence-electron chi connectivity index (χ4n) is 1.11. The van der Waals surface area contributed by atoms with Gasteiger partial charge >= 0.3 is 0 Å². The quantitative estimate of drug-likeness (QED) is 0.688. The van der Waals surface area contributed by atoms with Crippen molar-refractivity contribution < 1.29 is 0 Å². The Hall–Kier alpha value is -0.660. The number of hydrogen-bond acceptors (Lipinski definition) is 2. The van der Waals surface area contributed by atoms with Crippen molar-refractivity contribution in [1.82, 2.24) is 10.2 Å². The molecule has 2 heteroatoms. The number of hydrogen-bond donors (Lipinski definition) is 1. The molecule has 1 aliphatic rings. The summed E-state index contributed by atoms with van der Waals surface area (Å²) in [6.07, 6.45) is 1.32. The van der Waals surface area contributed by atoms with Crippen LogP contribution in [0.4, 0.5) is 0 Å². The summed E-state index contributed by atoms with van der Waals surface area (Å²) >= 11 is 0. The Morgan fingerprint density at radius 3 is 2.25 bits per heavy atom. The fraction of sp³-hybridized carbons (Fsp3) is 0.800. The summed E-state index contributed by atoms with van der Waals surface area (Å²) in [7, 11) is 0. The first-order valence-corrected chi connectivity index (χ1v) is 4.81. The van der Waals surface area contributed by atoms with E-state index in [0.29, 0.717) is 12.0 Å². The van der Waals surface area contributed by atoms with Crippen LogP contribution in [0.25, 0.3) is 0 Å². The molecule has 0 amide bonds. The van der Waals surface area contributed by atoms with E-state index in [1.807, 2.05) is 0 Å². The second-order valence-electron chi connectivity index (χ2n) is 3.96. The molecule has 1 rings (SSSR count). The van der Waals surface area contributed by atoms with Gasteiger partial charge in [-0.3, -0.25) is 0 Å². The Kier molecular flexibility index (Phi) is 3.01. The van der Waals surface area contributed by atoms with Crippen molar-refractivity contribution in [2.75, 3.05) is 13.1 Å². The predicted molar refractivity (Wildman–Crippen MR) is 52.8 cm³/mol. The van der Waals surface area contributed by atoms with Crippen LogP contribution in [0, 0.1) is 5.92 Å². The molecule has 1 heterocycles. The van der Waals surface area contributed by atoms with Crippen molar-refractivity contribution in [3.63, 3.8) is 0 Å². The average molecular weight is 168 g/mol. The van der Waals surface area contributed by atoms with Gasteiger partial charge in [-0.1, -0.05) is 20.4 Å². The lowest BCUT2D eigenvalue weighted by atomic mass is 10.1. The summed E-state index contributed by atoms with van der Waals surface area (Å²) in [6.45, 7) is 13.0. The van der Waals surface area contributed by atoms with Gasteiger partial charge in [0.1, 0.15) is 0 Å². The fourth-order valence-corrected chi connectivity index (χ4v) is 1.11. The largest absolute Gasteiger partial charge is 0.370 e. The standard InChI is InChI=1S/C10H20N2/c1-8(2)9(3)11-10(4)12-6-5-7-12/h8-9,11H,4-7H2,1-3H3/t9-/m1/s1. The molecule has 0 aliphatic carbocycles. The smallest absolute Gasteiger partial charge is 0.0940 e. The molecule has 0 radical (unpaired) electrons. The third-order valence-corrected chi connectivity index (χ3v) is 2.63. The van der Waals surface area contributed by atoms with Crippen molar-refractivity contribution in [1.29, 1.82) is 0 Å². The number of likely N-dealkylation sites (tertiary alicyclic amines) is 1. The van der Waals surface area contributed by atoms with Gasteiger partial charge in [0, 0.05) is 19.1 Å². The summed E-state index contributed by atoms with van der Waals surface area (Å²) in [5, 5.41) is 3.41. The lowest BCUT2D eigenvalue weighted by molar-refractivity contribution is 0.212. The van der Waals surface area contributed by atoms with Crippen LogP contribution in [0.5, 0.6) is 0 Å². The molecule has 1 fully saturated rings. The molecule has 0 aromatic heterocycles. The zero-order chi connectivity index (χ0) is 9.14. The van der Waals surface area contributed by atoms with Crippen molar-refractivity contribution in [3.05, 3.63) is 12.4 Å². The zero-order valence-electron chi connectivity index (χ0n) is 8.43. The van der Waals surface area contributed by atoms with Gasteiger partial charge < -0.3 is 10.2 Å². The number of nitrogens with zero attached hydrogens (tertiary/aromatic N) is 1. The number of rotatable bonds is 4. The van der Waals surface area contributed by atoms with Crippen LogP contribution in [-0.2, 0) is 0 Å². The van der Waals surface area contributed by atoms with Gasteiger partial charge in [0.05, 0.1) is 5.82 Å². The molecule has 1 atom stereocenters. The van der Waals surface area contributed by atoms with E-state index in [1.165, 1.54) is 19.5 Å². The molecule has 0 unspecified atom stereocenters. The Morgan fingerprint density at radius 2 is 1.92 bits per heavy atom. The zero-order valence-corrected chi connectivity index (χ0v) is 8.43. The summed E-state index contributed by atoms with van der Waals surface area (Å²) in [5.41, 5.74) is 0. The highest BCUT2D eigenvalue weighted by atomic mass is 15.3. The molecule has 0 aromatic carbocycles. The molecular formula is C10H20N2. The second-order valence-corrected chi connectivity index (χ2v) is 3.96. The monoisotopic (exact) mass is 168 g/mol. The summed E-state index contributed by atoms with van der Waals surface area (Å²) in [6, 6.07) is 0.526. The third-order valence-electron chi connectivity index (χ3n) is 2.63. The lowest BCUT2D eigenvalue weighted by Crippen LogP contribution is -2.44. The van der Waals surface area contributed by atoms with E-state index in [2.05, 4.69) is 37.6 Å². The first-order chi connectivity index (χ1) is 5.61. The predicted octanol–water partition coefficient (Wildman–Crippen LogP) is 1.80. The molecule has 1 aliphatic heterocycles. The highest BCUT2D eigenvalue weighted by molar-refractivity contribution is 4.96. The lowest BCUT2D eigenvalue weighted by Gasteiger charge is -2.36. The van der Waals surface area contributed by atoms with E-state index in [9.17, 15) is 0 Å². The Bertz CT molecular complexity index is 159. The van der Waals surface area contributed by atoms with E-state index in [4.69, 9.17) is 0 Å². The van der Waals surface area contributed by atoms with E-state index in [0.717, 1.165) is 5.82 Å². The minimum absolute atomic E-state index is 0.526. The maximum atomic E-state index is 4.01. The van der Waals surface area contributed by atoms with Crippen LogP contribution < -0.4 is 5.32 Å².